The minimum absolute atomic E-state index is 0.0116. The van der Waals surface area contributed by atoms with Crippen LogP contribution >= 0.6 is 11.6 Å². The van der Waals surface area contributed by atoms with Crippen molar-refractivity contribution in [3.05, 3.63) is 58.6 Å². The third-order valence-corrected chi connectivity index (χ3v) is 6.69. The Balaban J connectivity index is 1.31. The zero-order chi connectivity index (χ0) is 22.8. The largest absolute Gasteiger partial charge is 0.342 e. The Morgan fingerprint density at radius 1 is 1.00 bits per heavy atom. The summed E-state index contributed by atoms with van der Waals surface area (Å²) < 4.78 is 0. The molecule has 168 valence electrons. The first kappa shape index (κ1) is 22.3. The van der Waals surface area contributed by atoms with E-state index in [1.165, 1.54) is 0 Å². The van der Waals surface area contributed by atoms with Gasteiger partial charge < -0.3 is 15.1 Å². The summed E-state index contributed by atoms with van der Waals surface area (Å²) in [4.78, 5) is 41.8. The van der Waals surface area contributed by atoms with Gasteiger partial charge >= 0.3 is 0 Å². The number of anilines is 2. The molecular formula is C25H28ClN3O3. The van der Waals surface area contributed by atoms with E-state index in [-0.39, 0.29) is 36.0 Å². The topological polar surface area (TPSA) is 69.7 Å². The van der Waals surface area contributed by atoms with Crippen LogP contribution in [0.5, 0.6) is 0 Å². The minimum Gasteiger partial charge on any atom is -0.342 e. The van der Waals surface area contributed by atoms with Gasteiger partial charge in [0, 0.05) is 48.4 Å². The number of rotatable bonds is 4. The number of halogens is 1. The fourth-order valence-electron chi connectivity index (χ4n) is 4.43. The van der Waals surface area contributed by atoms with Crippen LogP contribution in [0.3, 0.4) is 0 Å². The van der Waals surface area contributed by atoms with Gasteiger partial charge in [-0.15, -0.1) is 0 Å². The van der Waals surface area contributed by atoms with Crippen LogP contribution in [0.1, 0.15) is 30.4 Å². The van der Waals surface area contributed by atoms with Crippen molar-refractivity contribution in [3.63, 3.8) is 0 Å². The summed E-state index contributed by atoms with van der Waals surface area (Å²) in [5.41, 5.74) is 3.65. The number of nitrogens with zero attached hydrogens (tertiary/aromatic N) is 2. The highest BCUT2D eigenvalue weighted by molar-refractivity contribution is 6.31. The molecule has 1 unspecified atom stereocenters. The Morgan fingerprint density at radius 2 is 1.69 bits per heavy atom. The molecule has 0 saturated carbocycles. The molecule has 0 aliphatic carbocycles. The lowest BCUT2D eigenvalue weighted by Crippen LogP contribution is -2.44. The van der Waals surface area contributed by atoms with Crippen molar-refractivity contribution >= 4 is 40.7 Å². The van der Waals surface area contributed by atoms with Crippen molar-refractivity contribution < 1.29 is 14.4 Å². The van der Waals surface area contributed by atoms with E-state index in [1.807, 2.05) is 49.1 Å². The van der Waals surface area contributed by atoms with Gasteiger partial charge in [-0.1, -0.05) is 35.4 Å². The van der Waals surface area contributed by atoms with Crippen molar-refractivity contribution in [3.8, 4) is 0 Å². The molecule has 0 aromatic heterocycles. The summed E-state index contributed by atoms with van der Waals surface area (Å²) in [6.07, 6.45) is 1.46. The molecule has 2 aromatic rings. The molecule has 2 aromatic carbocycles. The second-order valence-electron chi connectivity index (χ2n) is 8.79. The predicted molar refractivity (Wildman–Crippen MR) is 126 cm³/mol. The van der Waals surface area contributed by atoms with Crippen LogP contribution in [-0.2, 0) is 14.4 Å². The first-order valence-corrected chi connectivity index (χ1v) is 11.4. The number of carbonyl (C=O) groups is 3. The first-order chi connectivity index (χ1) is 15.3. The van der Waals surface area contributed by atoms with E-state index in [1.54, 1.807) is 17.0 Å². The molecule has 2 aliphatic heterocycles. The lowest BCUT2D eigenvalue weighted by Gasteiger charge is -2.33. The zero-order valence-electron chi connectivity index (χ0n) is 18.4. The summed E-state index contributed by atoms with van der Waals surface area (Å²) in [5, 5.41) is 3.56. The normalized spacial score (nSPS) is 19.3. The monoisotopic (exact) mass is 453 g/mol. The first-order valence-electron chi connectivity index (χ1n) is 11.0. The highest BCUT2D eigenvalue weighted by atomic mass is 35.5. The molecule has 2 heterocycles. The van der Waals surface area contributed by atoms with Crippen LogP contribution in [-0.4, -0.2) is 42.3 Å². The number of amides is 3. The Hall–Kier alpha value is -2.86. The smallest absolute Gasteiger partial charge is 0.228 e. The number of carbonyl (C=O) groups excluding carboxylic acids is 3. The van der Waals surface area contributed by atoms with Crippen LogP contribution in [0.4, 0.5) is 11.4 Å². The van der Waals surface area contributed by atoms with Gasteiger partial charge in [0.25, 0.3) is 0 Å². The molecule has 7 heteroatoms. The van der Waals surface area contributed by atoms with Gasteiger partial charge in [0.2, 0.25) is 17.7 Å². The average Bonchev–Trinajstić information content (AvgIpc) is 3.18. The standard InChI is InChI=1S/C25H28ClN3O3/c1-16-3-7-21(8-4-16)29-15-19(13-23(29)30)25(32)28-11-9-18(10-12-28)24(31)27-22-14-20(26)6-5-17(22)2/h3-8,14,18-19H,9-13,15H2,1-2H3,(H,27,31). The van der Waals surface area contributed by atoms with E-state index in [4.69, 9.17) is 11.6 Å². The summed E-state index contributed by atoms with van der Waals surface area (Å²) >= 11 is 6.05. The third-order valence-electron chi connectivity index (χ3n) is 6.45. The average molecular weight is 454 g/mol. The highest BCUT2D eigenvalue weighted by Gasteiger charge is 2.38. The summed E-state index contributed by atoms with van der Waals surface area (Å²) in [6, 6.07) is 13.2. The van der Waals surface area contributed by atoms with Gasteiger partial charge in [-0.2, -0.15) is 0 Å². The molecule has 0 spiro atoms. The predicted octanol–water partition coefficient (Wildman–Crippen LogP) is 4.19. The number of likely N-dealkylation sites (tertiary alicyclic amines) is 1. The SMILES string of the molecule is Cc1ccc(N2CC(C(=O)N3CCC(C(=O)Nc4cc(Cl)ccc4C)CC3)CC2=O)cc1. The Bertz CT molecular complexity index is 1030. The molecule has 3 amide bonds. The van der Waals surface area contributed by atoms with Gasteiger partial charge in [-0.05, 0) is 56.5 Å². The quantitative estimate of drug-likeness (QED) is 0.754. The van der Waals surface area contributed by atoms with Gasteiger partial charge in [-0.25, -0.2) is 0 Å². The zero-order valence-corrected chi connectivity index (χ0v) is 19.2. The van der Waals surface area contributed by atoms with E-state index in [0.29, 0.717) is 37.5 Å². The van der Waals surface area contributed by atoms with Crippen LogP contribution < -0.4 is 10.2 Å². The van der Waals surface area contributed by atoms with Crippen molar-refractivity contribution in [1.82, 2.24) is 4.90 Å². The molecule has 0 radical (unpaired) electrons. The van der Waals surface area contributed by atoms with Gasteiger partial charge in [0.1, 0.15) is 0 Å². The second-order valence-corrected chi connectivity index (χ2v) is 9.23. The molecule has 2 saturated heterocycles. The van der Waals surface area contributed by atoms with Crippen LogP contribution in [0.25, 0.3) is 0 Å². The fourth-order valence-corrected chi connectivity index (χ4v) is 4.60. The molecule has 2 aliphatic rings. The summed E-state index contributed by atoms with van der Waals surface area (Å²) in [7, 11) is 0. The van der Waals surface area contributed by atoms with E-state index in [2.05, 4.69) is 5.32 Å². The van der Waals surface area contributed by atoms with E-state index in [0.717, 1.165) is 22.5 Å². The Morgan fingerprint density at radius 3 is 2.38 bits per heavy atom. The molecule has 6 nitrogen and oxygen atoms in total. The van der Waals surface area contributed by atoms with E-state index < -0.39 is 0 Å². The van der Waals surface area contributed by atoms with Crippen molar-refractivity contribution in [2.75, 3.05) is 29.9 Å². The van der Waals surface area contributed by atoms with E-state index in [9.17, 15) is 14.4 Å². The van der Waals surface area contributed by atoms with Crippen molar-refractivity contribution in [2.24, 2.45) is 11.8 Å². The second kappa shape index (κ2) is 9.33. The molecule has 2 fully saturated rings. The molecule has 0 bridgehead atoms. The Labute approximate surface area is 193 Å². The van der Waals surface area contributed by atoms with Crippen molar-refractivity contribution in [1.29, 1.82) is 0 Å². The molecule has 1 atom stereocenters. The highest BCUT2D eigenvalue weighted by Crippen LogP contribution is 2.29. The number of piperidine rings is 1. The lowest BCUT2D eigenvalue weighted by molar-refractivity contribution is -0.138. The fraction of sp³-hybridized carbons (Fsp3) is 0.400. The van der Waals surface area contributed by atoms with E-state index >= 15 is 0 Å². The number of nitrogens with one attached hydrogen (secondary N) is 1. The van der Waals surface area contributed by atoms with Gasteiger partial charge in [-0.3, -0.25) is 14.4 Å². The number of benzene rings is 2. The molecule has 1 N–H and O–H groups in total. The van der Waals surface area contributed by atoms with Gasteiger partial charge in [0.15, 0.2) is 0 Å². The maximum Gasteiger partial charge on any atom is 0.228 e. The molecule has 4 rings (SSSR count). The third kappa shape index (κ3) is 4.80. The summed E-state index contributed by atoms with van der Waals surface area (Å²) in [6.45, 7) is 5.40. The maximum atomic E-state index is 13.1. The van der Waals surface area contributed by atoms with Crippen molar-refractivity contribution in [2.45, 2.75) is 33.1 Å². The maximum absolute atomic E-state index is 13.1. The molecular weight excluding hydrogens is 426 g/mol. The summed E-state index contributed by atoms with van der Waals surface area (Å²) in [5.74, 6) is -0.519. The van der Waals surface area contributed by atoms with Gasteiger partial charge in [0.05, 0.1) is 5.92 Å². The number of hydrogen-bond acceptors (Lipinski definition) is 3. The minimum atomic E-state index is -0.330. The van der Waals surface area contributed by atoms with Crippen LogP contribution in [0.2, 0.25) is 5.02 Å². The Kier molecular flexibility index (Phi) is 6.51. The number of aryl methyl sites for hydroxylation is 2. The number of hydrogen-bond donors (Lipinski definition) is 1. The van der Waals surface area contributed by atoms with Crippen LogP contribution in [0, 0.1) is 25.7 Å². The van der Waals surface area contributed by atoms with Crippen LogP contribution in [0.15, 0.2) is 42.5 Å². The lowest BCUT2D eigenvalue weighted by atomic mass is 9.94. The molecule has 32 heavy (non-hydrogen) atoms.